The largest absolute Gasteiger partial charge is 0.478 e. The molecule has 0 aromatic rings. The Balaban J connectivity index is 3.08. The van der Waals surface area contributed by atoms with Crippen molar-refractivity contribution in [2.24, 2.45) is 0 Å². The first-order valence-corrected chi connectivity index (χ1v) is 19.9. The molecule has 0 aromatic carbocycles. The molecule has 0 aliphatic carbocycles. The molecule has 0 saturated heterocycles. The van der Waals surface area contributed by atoms with Crippen molar-refractivity contribution >= 4 is 11.9 Å². The minimum atomic E-state index is -0.833. The highest BCUT2D eigenvalue weighted by atomic mass is 16.4. The van der Waals surface area contributed by atoms with Crippen molar-refractivity contribution in [3.63, 3.8) is 0 Å². The molecular weight excluding hydrogens is 556 g/mol. The molecule has 264 valence electrons. The first-order chi connectivity index (χ1) is 22.1. The third kappa shape index (κ3) is 42.4. The summed E-state index contributed by atoms with van der Waals surface area (Å²) in [5.41, 5.74) is 0. The topological polar surface area (TPSA) is 74.6 Å². The van der Waals surface area contributed by atoms with E-state index >= 15 is 0 Å². The molecule has 0 aromatic heterocycles. The van der Waals surface area contributed by atoms with E-state index in [0.29, 0.717) is 0 Å². The van der Waals surface area contributed by atoms with Gasteiger partial charge in [0.25, 0.3) is 0 Å². The van der Waals surface area contributed by atoms with E-state index in [4.69, 9.17) is 10.2 Å². The van der Waals surface area contributed by atoms with E-state index in [1.165, 1.54) is 211 Å². The molecule has 0 saturated carbocycles. The van der Waals surface area contributed by atoms with E-state index in [1.54, 1.807) is 12.2 Å². The van der Waals surface area contributed by atoms with Crippen LogP contribution in [0, 0.1) is 0 Å². The van der Waals surface area contributed by atoms with Gasteiger partial charge in [-0.05, 0) is 25.7 Å². The summed E-state index contributed by atoms with van der Waals surface area (Å²) in [7, 11) is 0. The molecule has 4 heteroatoms. The fourth-order valence-corrected chi connectivity index (χ4v) is 6.37. The van der Waals surface area contributed by atoms with Gasteiger partial charge in [0.1, 0.15) is 0 Å². The van der Waals surface area contributed by atoms with Crippen molar-refractivity contribution in [2.45, 2.75) is 225 Å². The van der Waals surface area contributed by atoms with Crippen LogP contribution in [-0.4, -0.2) is 22.2 Å². The van der Waals surface area contributed by atoms with E-state index in [-0.39, 0.29) is 0 Å². The van der Waals surface area contributed by atoms with E-state index in [0.717, 1.165) is 25.7 Å². The van der Waals surface area contributed by atoms with Gasteiger partial charge in [-0.2, -0.15) is 0 Å². The van der Waals surface area contributed by atoms with Gasteiger partial charge in [0, 0.05) is 12.2 Å². The van der Waals surface area contributed by atoms with Crippen LogP contribution in [0.5, 0.6) is 0 Å². The van der Waals surface area contributed by atoms with Gasteiger partial charge >= 0.3 is 11.9 Å². The second-order valence-corrected chi connectivity index (χ2v) is 13.7. The molecule has 0 aliphatic heterocycles. The second-order valence-electron chi connectivity index (χ2n) is 13.7. The Hall–Kier alpha value is -1.58. The Morgan fingerprint density at radius 3 is 0.533 bits per heavy atom. The first kappa shape index (κ1) is 43.4. The molecule has 0 radical (unpaired) electrons. The molecule has 0 unspecified atom stereocenters. The van der Waals surface area contributed by atoms with Crippen LogP contribution in [0.15, 0.2) is 24.3 Å². The van der Waals surface area contributed by atoms with Gasteiger partial charge in [-0.1, -0.05) is 211 Å². The lowest BCUT2D eigenvalue weighted by Crippen LogP contribution is -1.86. The van der Waals surface area contributed by atoms with Gasteiger partial charge in [-0.15, -0.1) is 0 Å². The zero-order valence-electron chi connectivity index (χ0n) is 29.8. The highest BCUT2D eigenvalue weighted by molar-refractivity contribution is 5.79. The number of allylic oxidation sites excluding steroid dienone is 2. The number of aliphatic carboxylic acids is 2. The van der Waals surface area contributed by atoms with E-state index < -0.39 is 11.9 Å². The monoisotopic (exact) mass is 633 g/mol. The molecular formula is C41H76O4. The van der Waals surface area contributed by atoms with Crippen LogP contribution in [0.3, 0.4) is 0 Å². The molecule has 2 N–H and O–H groups in total. The number of hydrogen-bond acceptors (Lipinski definition) is 2. The summed E-state index contributed by atoms with van der Waals surface area (Å²) >= 11 is 0. The van der Waals surface area contributed by atoms with Gasteiger partial charge in [-0.25, -0.2) is 9.59 Å². The van der Waals surface area contributed by atoms with Gasteiger partial charge in [-0.3, -0.25) is 0 Å². The summed E-state index contributed by atoms with van der Waals surface area (Å²) in [5, 5.41) is 17.1. The van der Waals surface area contributed by atoms with Crippen molar-refractivity contribution in [3.8, 4) is 0 Å². The number of rotatable bonds is 38. The number of unbranched alkanes of at least 4 members (excludes halogenated alkanes) is 34. The van der Waals surface area contributed by atoms with Crippen LogP contribution in [0.1, 0.15) is 225 Å². The summed E-state index contributed by atoms with van der Waals surface area (Å²) in [6.45, 7) is 0. The van der Waals surface area contributed by atoms with E-state index in [9.17, 15) is 9.59 Å². The number of hydrogen-bond donors (Lipinski definition) is 2. The third-order valence-corrected chi connectivity index (χ3v) is 9.26. The summed E-state index contributed by atoms with van der Waals surface area (Å²) in [6.07, 6.45) is 53.6. The van der Waals surface area contributed by atoms with E-state index in [2.05, 4.69) is 0 Å². The van der Waals surface area contributed by atoms with Crippen molar-refractivity contribution in [1.29, 1.82) is 0 Å². The Morgan fingerprint density at radius 2 is 0.400 bits per heavy atom. The SMILES string of the molecule is O=C(O)C=CCCCCCCCCCCCCCCCCCCCCCCCCCCCCCCCCCCCC=CC(=O)O. The Bertz CT molecular complexity index is 612. The zero-order valence-corrected chi connectivity index (χ0v) is 29.8. The van der Waals surface area contributed by atoms with E-state index in [1.807, 2.05) is 0 Å². The number of carboxylic acid groups (broad SMARTS) is 2. The molecule has 4 nitrogen and oxygen atoms in total. The zero-order chi connectivity index (χ0) is 32.7. The maximum absolute atomic E-state index is 10.4. The van der Waals surface area contributed by atoms with Gasteiger partial charge < -0.3 is 10.2 Å². The average Bonchev–Trinajstić information content (AvgIpc) is 3.02. The highest BCUT2D eigenvalue weighted by Crippen LogP contribution is 2.17. The standard InChI is InChI=1S/C41H76O4/c42-40(43)38-36-34-32-30-28-26-24-22-20-18-16-14-12-10-8-6-4-2-1-3-5-7-9-11-13-15-17-19-21-23-25-27-29-31-33-35-37-39-41(44)45/h36-39H,1-35H2,(H,42,43)(H,44,45). The summed E-state index contributed by atoms with van der Waals surface area (Å²) in [5.74, 6) is -1.67. The summed E-state index contributed by atoms with van der Waals surface area (Å²) in [6, 6.07) is 0. The van der Waals surface area contributed by atoms with Crippen LogP contribution in [0.4, 0.5) is 0 Å². The molecule has 0 aliphatic rings. The van der Waals surface area contributed by atoms with Crippen molar-refractivity contribution < 1.29 is 19.8 Å². The third-order valence-electron chi connectivity index (χ3n) is 9.26. The predicted octanol–water partition coefficient (Wildman–Crippen LogP) is 13.9. The minimum absolute atomic E-state index is 0.833. The highest BCUT2D eigenvalue weighted by Gasteiger charge is 1.98. The number of carboxylic acids is 2. The average molecular weight is 633 g/mol. The lowest BCUT2D eigenvalue weighted by molar-refractivity contribution is -0.132. The van der Waals surface area contributed by atoms with Crippen molar-refractivity contribution in [2.75, 3.05) is 0 Å². The quantitative estimate of drug-likeness (QED) is 0.0524. The maximum atomic E-state index is 10.4. The van der Waals surface area contributed by atoms with Gasteiger partial charge in [0.2, 0.25) is 0 Å². The van der Waals surface area contributed by atoms with Crippen LogP contribution in [-0.2, 0) is 9.59 Å². The molecule has 45 heavy (non-hydrogen) atoms. The molecule has 0 bridgehead atoms. The summed E-state index contributed by atoms with van der Waals surface area (Å²) < 4.78 is 0. The van der Waals surface area contributed by atoms with Crippen LogP contribution < -0.4 is 0 Å². The number of carbonyl (C=O) groups is 2. The van der Waals surface area contributed by atoms with Crippen LogP contribution in [0.25, 0.3) is 0 Å². The van der Waals surface area contributed by atoms with Gasteiger partial charge in [0.15, 0.2) is 0 Å². The molecule has 0 spiro atoms. The maximum Gasteiger partial charge on any atom is 0.327 e. The minimum Gasteiger partial charge on any atom is -0.478 e. The molecule has 0 fully saturated rings. The lowest BCUT2D eigenvalue weighted by Gasteiger charge is -2.05. The normalized spacial score (nSPS) is 11.7. The smallest absolute Gasteiger partial charge is 0.327 e. The fourth-order valence-electron chi connectivity index (χ4n) is 6.37. The fraction of sp³-hybridized carbons (Fsp3) is 0.854. The second kappa shape index (κ2) is 38.6. The first-order valence-electron chi connectivity index (χ1n) is 19.9. The van der Waals surface area contributed by atoms with Crippen LogP contribution >= 0.6 is 0 Å². The van der Waals surface area contributed by atoms with Crippen molar-refractivity contribution in [3.05, 3.63) is 24.3 Å². The summed E-state index contributed by atoms with van der Waals surface area (Å²) in [4.78, 5) is 20.8. The predicted molar refractivity (Wildman–Crippen MR) is 195 cm³/mol. The van der Waals surface area contributed by atoms with Gasteiger partial charge in [0.05, 0.1) is 0 Å². The van der Waals surface area contributed by atoms with Crippen LogP contribution in [0.2, 0.25) is 0 Å². The Kier molecular flexibility index (Phi) is 37.2. The molecule has 0 amide bonds. The Labute approximate surface area is 280 Å². The molecule has 0 atom stereocenters. The molecule has 0 heterocycles. The lowest BCUT2D eigenvalue weighted by atomic mass is 10.0. The molecule has 0 rings (SSSR count). The Morgan fingerprint density at radius 1 is 0.267 bits per heavy atom. The van der Waals surface area contributed by atoms with Crippen molar-refractivity contribution in [1.82, 2.24) is 0 Å².